The molecule has 6 nitrogen and oxygen atoms in total. The van der Waals surface area contributed by atoms with Gasteiger partial charge in [-0.2, -0.15) is 0 Å². The molecule has 0 saturated heterocycles. The highest BCUT2D eigenvalue weighted by Crippen LogP contribution is 2.34. The maximum Gasteiger partial charge on any atom is 0.326 e. The molecule has 1 aliphatic heterocycles. The lowest BCUT2D eigenvalue weighted by Crippen LogP contribution is -2.45. The SMILES string of the molecule is CC[C@H](C)[C@H](NC(=O)CCSc1ccc2c(c1)OCCCO2)C(=O)O. The van der Waals surface area contributed by atoms with Crippen molar-refractivity contribution >= 4 is 23.6 Å². The zero-order valence-corrected chi connectivity index (χ0v) is 15.4. The smallest absolute Gasteiger partial charge is 0.326 e. The molecule has 2 N–H and O–H groups in total. The number of carbonyl (C=O) groups is 2. The molecule has 0 saturated carbocycles. The minimum absolute atomic E-state index is 0.101. The van der Waals surface area contributed by atoms with Gasteiger partial charge >= 0.3 is 5.97 Å². The number of fused-ring (bicyclic) bond motifs is 1. The van der Waals surface area contributed by atoms with Gasteiger partial charge in [-0.1, -0.05) is 20.3 Å². The molecular formula is C18H25NO5S. The van der Waals surface area contributed by atoms with Gasteiger partial charge in [-0.05, 0) is 24.1 Å². The summed E-state index contributed by atoms with van der Waals surface area (Å²) >= 11 is 1.53. The summed E-state index contributed by atoms with van der Waals surface area (Å²) < 4.78 is 11.2. The number of hydrogen-bond acceptors (Lipinski definition) is 5. The number of aliphatic carboxylic acids is 1. The Hall–Kier alpha value is -1.89. The van der Waals surface area contributed by atoms with E-state index in [0.29, 0.717) is 25.4 Å². The van der Waals surface area contributed by atoms with E-state index >= 15 is 0 Å². The quantitative estimate of drug-likeness (QED) is 0.687. The molecule has 0 aliphatic carbocycles. The number of carboxylic acids is 1. The second kappa shape index (κ2) is 9.56. The first-order chi connectivity index (χ1) is 12.0. The van der Waals surface area contributed by atoms with Gasteiger partial charge in [-0.3, -0.25) is 4.79 Å². The van der Waals surface area contributed by atoms with Crippen molar-refractivity contribution in [1.29, 1.82) is 0 Å². The van der Waals surface area contributed by atoms with E-state index in [0.717, 1.165) is 22.8 Å². The third kappa shape index (κ3) is 5.85. The highest BCUT2D eigenvalue weighted by Gasteiger charge is 2.25. The Balaban J connectivity index is 1.82. The topological polar surface area (TPSA) is 84.9 Å². The Morgan fingerprint density at radius 3 is 2.68 bits per heavy atom. The second-order valence-electron chi connectivity index (χ2n) is 6.03. The van der Waals surface area contributed by atoms with Gasteiger partial charge < -0.3 is 19.9 Å². The summed E-state index contributed by atoms with van der Waals surface area (Å²) in [6, 6.07) is 4.91. The number of thioether (sulfide) groups is 1. The minimum Gasteiger partial charge on any atom is -0.490 e. The number of hydrogen-bond donors (Lipinski definition) is 2. The zero-order chi connectivity index (χ0) is 18.2. The third-order valence-corrected chi connectivity index (χ3v) is 5.11. The third-order valence-electron chi connectivity index (χ3n) is 4.11. The summed E-state index contributed by atoms with van der Waals surface area (Å²) in [4.78, 5) is 24.3. The standard InChI is InChI=1S/C18H25NO5S/c1-3-12(2)17(18(21)22)19-16(20)7-10-25-13-5-6-14-15(11-13)24-9-4-8-23-14/h5-6,11-12,17H,3-4,7-10H2,1-2H3,(H,19,20)(H,21,22)/t12-,17-/m0/s1. The van der Waals surface area contributed by atoms with Gasteiger partial charge in [-0.15, -0.1) is 11.8 Å². The molecule has 0 aromatic heterocycles. The van der Waals surface area contributed by atoms with Crippen molar-refractivity contribution in [2.45, 2.75) is 44.0 Å². The fourth-order valence-electron chi connectivity index (χ4n) is 2.42. The Bertz CT molecular complexity index is 607. The fraction of sp³-hybridized carbons (Fsp3) is 0.556. The molecule has 0 bridgehead atoms. The van der Waals surface area contributed by atoms with Gasteiger partial charge in [0.2, 0.25) is 5.91 Å². The van der Waals surface area contributed by atoms with Crippen LogP contribution in [0.5, 0.6) is 11.5 Å². The van der Waals surface area contributed by atoms with Crippen molar-refractivity contribution in [3.8, 4) is 11.5 Å². The Morgan fingerprint density at radius 2 is 2.00 bits per heavy atom. The maximum absolute atomic E-state index is 12.0. The van der Waals surface area contributed by atoms with Crippen molar-refractivity contribution in [3.05, 3.63) is 18.2 Å². The number of carbonyl (C=O) groups excluding carboxylic acids is 1. The van der Waals surface area contributed by atoms with Crippen molar-refractivity contribution in [2.75, 3.05) is 19.0 Å². The van der Waals surface area contributed by atoms with E-state index in [2.05, 4.69) is 5.32 Å². The van der Waals surface area contributed by atoms with Crippen LogP contribution in [0.25, 0.3) is 0 Å². The Morgan fingerprint density at radius 1 is 1.28 bits per heavy atom. The van der Waals surface area contributed by atoms with Crippen LogP contribution in [0.4, 0.5) is 0 Å². The van der Waals surface area contributed by atoms with Crippen molar-refractivity contribution < 1.29 is 24.2 Å². The first-order valence-corrected chi connectivity index (χ1v) is 9.54. The molecule has 0 spiro atoms. The van der Waals surface area contributed by atoms with Crippen LogP contribution < -0.4 is 14.8 Å². The molecule has 0 radical (unpaired) electrons. The molecule has 0 fully saturated rings. The van der Waals surface area contributed by atoms with Crippen LogP contribution in [0.3, 0.4) is 0 Å². The van der Waals surface area contributed by atoms with Gasteiger partial charge in [0.15, 0.2) is 11.5 Å². The van der Waals surface area contributed by atoms with Crippen molar-refractivity contribution in [2.24, 2.45) is 5.92 Å². The summed E-state index contributed by atoms with van der Waals surface area (Å²) in [6.45, 7) is 5.02. The normalized spacial score (nSPS) is 15.8. The molecule has 1 aromatic carbocycles. The molecule has 1 amide bonds. The molecule has 1 aliphatic rings. The predicted octanol–water partition coefficient (Wildman–Crippen LogP) is 2.95. The highest BCUT2D eigenvalue weighted by molar-refractivity contribution is 7.99. The van der Waals surface area contributed by atoms with E-state index in [1.54, 1.807) is 0 Å². The molecule has 25 heavy (non-hydrogen) atoms. The average Bonchev–Trinajstić information content (AvgIpc) is 2.83. The van der Waals surface area contributed by atoms with Crippen LogP contribution >= 0.6 is 11.8 Å². The van der Waals surface area contributed by atoms with E-state index in [1.807, 2.05) is 32.0 Å². The lowest BCUT2D eigenvalue weighted by molar-refractivity contribution is -0.143. The number of benzene rings is 1. The lowest BCUT2D eigenvalue weighted by Gasteiger charge is -2.20. The van der Waals surface area contributed by atoms with Crippen LogP contribution in [0.2, 0.25) is 0 Å². The fourth-order valence-corrected chi connectivity index (χ4v) is 3.30. The Kier molecular flexibility index (Phi) is 7.43. The number of nitrogens with one attached hydrogen (secondary N) is 1. The first-order valence-electron chi connectivity index (χ1n) is 8.56. The number of rotatable bonds is 8. The molecule has 2 atom stereocenters. The number of carboxylic acid groups (broad SMARTS) is 1. The first kappa shape index (κ1) is 19.4. The molecule has 1 heterocycles. The molecule has 7 heteroatoms. The van der Waals surface area contributed by atoms with E-state index in [4.69, 9.17) is 9.47 Å². The van der Waals surface area contributed by atoms with Gasteiger partial charge in [0, 0.05) is 23.5 Å². The molecular weight excluding hydrogens is 342 g/mol. The largest absolute Gasteiger partial charge is 0.490 e. The van der Waals surface area contributed by atoms with E-state index in [1.165, 1.54) is 11.8 Å². The van der Waals surface area contributed by atoms with Crippen LogP contribution in [-0.2, 0) is 9.59 Å². The van der Waals surface area contributed by atoms with Crippen molar-refractivity contribution in [1.82, 2.24) is 5.32 Å². The molecule has 0 unspecified atom stereocenters. The van der Waals surface area contributed by atoms with Gasteiger partial charge in [0.05, 0.1) is 13.2 Å². The minimum atomic E-state index is -0.988. The van der Waals surface area contributed by atoms with Gasteiger partial charge in [0.1, 0.15) is 6.04 Å². The summed E-state index contributed by atoms with van der Waals surface area (Å²) in [5.41, 5.74) is 0. The molecule has 2 rings (SSSR count). The molecule has 138 valence electrons. The average molecular weight is 367 g/mol. The van der Waals surface area contributed by atoms with E-state index < -0.39 is 12.0 Å². The van der Waals surface area contributed by atoms with Crippen LogP contribution in [-0.4, -0.2) is 42.0 Å². The predicted molar refractivity (Wildman–Crippen MR) is 96.4 cm³/mol. The summed E-state index contributed by atoms with van der Waals surface area (Å²) in [6.07, 6.45) is 1.82. The number of ether oxygens (including phenoxy) is 2. The summed E-state index contributed by atoms with van der Waals surface area (Å²) in [5, 5.41) is 11.8. The monoisotopic (exact) mass is 367 g/mol. The number of amides is 1. The zero-order valence-electron chi connectivity index (χ0n) is 14.6. The second-order valence-corrected chi connectivity index (χ2v) is 7.19. The summed E-state index contributed by atoms with van der Waals surface area (Å²) in [5.74, 6) is 0.717. The van der Waals surface area contributed by atoms with Gasteiger partial charge in [0.25, 0.3) is 0 Å². The van der Waals surface area contributed by atoms with Crippen LogP contribution in [0.15, 0.2) is 23.1 Å². The van der Waals surface area contributed by atoms with E-state index in [-0.39, 0.29) is 18.2 Å². The van der Waals surface area contributed by atoms with Crippen LogP contribution in [0, 0.1) is 5.92 Å². The maximum atomic E-state index is 12.0. The molecule has 1 aromatic rings. The van der Waals surface area contributed by atoms with Gasteiger partial charge in [-0.25, -0.2) is 4.79 Å². The lowest BCUT2D eigenvalue weighted by atomic mass is 9.99. The Labute approximate surface area is 152 Å². The highest BCUT2D eigenvalue weighted by atomic mass is 32.2. The summed E-state index contributed by atoms with van der Waals surface area (Å²) in [7, 11) is 0. The van der Waals surface area contributed by atoms with Crippen LogP contribution in [0.1, 0.15) is 33.1 Å². The van der Waals surface area contributed by atoms with E-state index in [9.17, 15) is 14.7 Å². The van der Waals surface area contributed by atoms with Crippen molar-refractivity contribution in [3.63, 3.8) is 0 Å².